The second-order valence-electron chi connectivity index (χ2n) is 7.75. The van der Waals surface area contributed by atoms with Gasteiger partial charge in [0.2, 0.25) is 0 Å². The SMILES string of the molecule is CCNC(=NCC1CCCOC1c1ccc(C)cc1)NCCNC(=O)c1cccnc1. The van der Waals surface area contributed by atoms with Crippen LogP contribution in [0, 0.1) is 12.8 Å². The summed E-state index contributed by atoms with van der Waals surface area (Å²) in [6.07, 6.45) is 5.46. The third-order valence-electron chi connectivity index (χ3n) is 5.31. The molecular weight excluding hydrogens is 390 g/mol. The molecule has 31 heavy (non-hydrogen) atoms. The Morgan fingerprint density at radius 3 is 2.71 bits per heavy atom. The fourth-order valence-corrected chi connectivity index (χ4v) is 3.66. The molecule has 7 nitrogen and oxygen atoms in total. The number of carbonyl (C=O) groups is 1. The Balaban J connectivity index is 1.51. The number of amides is 1. The van der Waals surface area contributed by atoms with E-state index in [0.29, 0.717) is 31.1 Å². The van der Waals surface area contributed by atoms with Crippen molar-refractivity contribution in [3.05, 3.63) is 65.5 Å². The molecule has 1 aromatic carbocycles. The molecule has 2 aromatic rings. The van der Waals surface area contributed by atoms with Crippen molar-refractivity contribution < 1.29 is 9.53 Å². The maximum absolute atomic E-state index is 12.1. The summed E-state index contributed by atoms with van der Waals surface area (Å²) in [5.41, 5.74) is 3.03. The van der Waals surface area contributed by atoms with E-state index in [9.17, 15) is 4.79 Å². The first-order chi connectivity index (χ1) is 15.2. The molecule has 3 N–H and O–H groups in total. The minimum atomic E-state index is -0.128. The van der Waals surface area contributed by atoms with Crippen LogP contribution < -0.4 is 16.0 Å². The third-order valence-corrected chi connectivity index (χ3v) is 5.31. The molecule has 0 saturated carbocycles. The van der Waals surface area contributed by atoms with E-state index in [1.54, 1.807) is 24.5 Å². The molecule has 2 unspecified atom stereocenters. The van der Waals surface area contributed by atoms with Crippen molar-refractivity contribution in [2.75, 3.05) is 32.8 Å². The molecule has 1 saturated heterocycles. The smallest absolute Gasteiger partial charge is 0.252 e. The molecule has 1 aliphatic rings. The van der Waals surface area contributed by atoms with Crippen molar-refractivity contribution >= 4 is 11.9 Å². The van der Waals surface area contributed by atoms with Gasteiger partial charge in [-0.2, -0.15) is 0 Å². The predicted octanol–water partition coefficient (Wildman–Crippen LogP) is 2.84. The molecule has 2 heterocycles. The van der Waals surface area contributed by atoms with E-state index in [4.69, 9.17) is 9.73 Å². The number of nitrogens with zero attached hydrogens (tertiary/aromatic N) is 2. The Hall–Kier alpha value is -2.93. The topological polar surface area (TPSA) is 87.6 Å². The van der Waals surface area contributed by atoms with Gasteiger partial charge in [-0.05, 0) is 44.4 Å². The lowest BCUT2D eigenvalue weighted by molar-refractivity contribution is -0.0250. The van der Waals surface area contributed by atoms with E-state index >= 15 is 0 Å². The van der Waals surface area contributed by atoms with Gasteiger partial charge >= 0.3 is 0 Å². The summed E-state index contributed by atoms with van der Waals surface area (Å²) in [6.45, 7) is 7.48. The van der Waals surface area contributed by atoms with Crippen LogP contribution in [0.3, 0.4) is 0 Å². The number of aliphatic imine (C=N–C) groups is 1. The number of benzene rings is 1. The molecule has 1 aliphatic heterocycles. The van der Waals surface area contributed by atoms with Crippen LogP contribution in [0.5, 0.6) is 0 Å². The molecule has 1 aromatic heterocycles. The van der Waals surface area contributed by atoms with Crippen LogP contribution in [0.1, 0.15) is 47.4 Å². The Morgan fingerprint density at radius 1 is 1.16 bits per heavy atom. The molecule has 166 valence electrons. The number of ether oxygens (including phenoxy) is 1. The number of carbonyl (C=O) groups excluding carboxylic acids is 1. The van der Waals surface area contributed by atoms with Gasteiger partial charge in [0, 0.05) is 51.1 Å². The maximum Gasteiger partial charge on any atom is 0.252 e. The van der Waals surface area contributed by atoms with Crippen molar-refractivity contribution in [1.82, 2.24) is 20.9 Å². The lowest BCUT2D eigenvalue weighted by atomic mass is 9.89. The summed E-state index contributed by atoms with van der Waals surface area (Å²) >= 11 is 0. The highest BCUT2D eigenvalue weighted by Gasteiger charge is 2.27. The lowest BCUT2D eigenvalue weighted by Gasteiger charge is -2.31. The maximum atomic E-state index is 12.1. The Morgan fingerprint density at radius 2 is 1.97 bits per heavy atom. The molecule has 1 amide bonds. The van der Waals surface area contributed by atoms with E-state index in [0.717, 1.165) is 32.0 Å². The van der Waals surface area contributed by atoms with Crippen molar-refractivity contribution in [3.8, 4) is 0 Å². The van der Waals surface area contributed by atoms with E-state index in [-0.39, 0.29) is 12.0 Å². The van der Waals surface area contributed by atoms with Crippen LogP contribution in [0.15, 0.2) is 53.8 Å². The van der Waals surface area contributed by atoms with Crippen LogP contribution in [0.4, 0.5) is 0 Å². The standard InChI is InChI=1S/C24H33N5O2/c1-3-26-24(28-14-13-27-23(30)21-6-4-12-25-16-21)29-17-20-7-5-15-31-22(20)19-10-8-18(2)9-11-19/h4,6,8-12,16,20,22H,3,5,7,13-15,17H2,1-2H3,(H,27,30)(H2,26,28,29). The third kappa shape index (κ3) is 7.07. The molecule has 0 bridgehead atoms. The minimum absolute atomic E-state index is 0.0831. The first kappa shape index (κ1) is 22.7. The van der Waals surface area contributed by atoms with Gasteiger partial charge in [-0.3, -0.25) is 14.8 Å². The molecule has 2 atom stereocenters. The summed E-state index contributed by atoms with van der Waals surface area (Å²) in [5, 5.41) is 9.47. The van der Waals surface area contributed by atoms with Crippen LogP contribution in [0.25, 0.3) is 0 Å². The van der Waals surface area contributed by atoms with Gasteiger partial charge in [-0.15, -0.1) is 0 Å². The average Bonchev–Trinajstić information content (AvgIpc) is 2.81. The highest BCUT2D eigenvalue weighted by molar-refractivity contribution is 5.93. The summed E-state index contributed by atoms with van der Waals surface area (Å²) in [5.74, 6) is 0.973. The Kier molecular flexibility index (Phi) is 8.84. The number of hydrogen-bond donors (Lipinski definition) is 3. The molecule has 0 aliphatic carbocycles. The molecule has 7 heteroatoms. The number of aryl methyl sites for hydroxylation is 1. The number of pyridine rings is 1. The summed E-state index contributed by atoms with van der Waals surface area (Å²) in [6, 6.07) is 12.1. The summed E-state index contributed by atoms with van der Waals surface area (Å²) in [4.78, 5) is 20.9. The van der Waals surface area contributed by atoms with Gasteiger partial charge in [-0.1, -0.05) is 29.8 Å². The fourth-order valence-electron chi connectivity index (χ4n) is 3.66. The number of hydrogen-bond acceptors (Lipinski definition) is 4. The van der Waals surface area contributed by atoms with Crippen molar-refractivity contribution in [2.24, 2.45) is 10.9 Å². The molecule has 0 radical (unpaired) electrons. The molecular formula is C24H33N5O2. The number of guanidine groups is 1. The normalized spacial score (nSPS) is 19.0. The first-order valence-electron chi connectivity index (χ1n) is 11.1. The number of rotatable bonds is 8. The largest absolute Gasteiger partial charge is 0.373 e. The van der Waals surface area contributed by atoms with Gasteiger partial charge in [0.1, 0.15) is 0 Å². The van der Waals surface area contributed by atoms with Crippen molar-refractivity contribution in [1.29, 1.82) is 0 Å². The summed E-state index contributed by atoms with van der Waals surface area (Å²) in [7, 11) is 0. The zero-order chi connectivity index (χ0) is 21.9. The van der Waals surface area contributed by atoms with Gasteiger partial charge in [0.25, 0.3) is 5.91 Å². The molecule has 0 spiro atoms. The van der Waals surface area contributed by atoms with Gasteiger partial charge in [0.05, 0.1) is 11.7 Å². The second kappa shape index (κ2) is 12.1. The monoisotopic (exact) mass is 423 g/mol. The number of nitrogens with one attached hydrogen (secondary N) is 3. The first-order valence-corrected chi connectivity index (χ1v) is 11.1. The Bertz CT molecular complexity index is 839. The van der Waals surface area contributed by atoms with Gasteiger partial charge in [-0.25, -0.2) is 0 Å². The van der Waals surface area contributed by atoms with Gasteiger partial charge in [0.15, 0.2) is 5.96 Å². The van der Waals surface area contributed by atoms with Crippen LogP contribution >= 0.6 is 0 Å². The molecule has 3 rings (SSSR count). The van der Waals surface area contributed by atoms with Crippen LogP contribution in [0.2, 0.25) is 0 Å². The van der Waals surface area contributed by atoms with Crippen LogP contribution in [-0.4, -0.2) is 49.6 Å². The lowest BCUT2D eigenvalue weighted by Crippen LogP contribution is -2.42. The quantitative estimate of drug-likeness (QED) is 0.345. The minimum Gasteiger partial charge on any atom is -0.373 e. The highest BCUT2D eigenvalue weighted by Crippen LogP contribution is 2.33. The van der Waals surface area contributed by atoms with E-state index in [2.05, 4.69) is 52.1 Å². The zero-order valence-corrected chi connectivity index (χ0v) is 18.4. The van der Waals surface area contributed by atoms with E-state index in [1.807, 2.05) is 6.92 Å². The highest BCUT2D eigenvalue weighted by atomic mass is 16.5. The summed E-state index contributed by atoms with van der Waals surface area (Å²) < 4.78 is 6.11. The zero-order valence-electron chi connectivity index (χ0n) is 18.4. The van der Waals surface area contributed by atoms with E-state index < -0.39 is 0 Å². The molecule has 1 fully saturated rings. The average molecular weight is 424 g/mol. The predicted molar refractivity (Wildman–Crippen MR) is 123 cm³/mol. The fraction of sp³-hybridized carbons (Fsp3) is 0.458. The van der Waals surface area contributed by atoms with Gasteiger partial charge < -0.3 is 20.7 Å². The second-order valence-corrected chi connectivity index (χ2v) is 7.75. The van der Waals surface area contributed by atoms with Crippen molar-refractivity contribution in [3.63, 3.8) is 0 Å². The van der Waals surface area contributed by atoms with E-state index in [1.165, 1.54) is 11.1 Å². The number of aromatic nitrogens is 1. The van der Waals surface area contributed by atoms with Crippen LogP contribution in [-0.2, 0) is 4.74 Å². The van der Waals surface area contributed by atoms with Crippen molar-refractivity contribution in [2.45, 2.75) is 32.8 Å². The Labute approximate surface area is 184 Å².